The maximum absolute atomic E-state index is 13.3. The second-order valence-electron chi connectivity index (χ2n) is 6.97. The summed E-state index contributed by atoms with van der Waals surface area (Å²) in [6.07, 6.45) is 0.0263. The Kier molecular flexibility index (Phi) is 5.96. The number of amides is 1. The van der Waals surface area contributed by atoms with Gasteiger partial charge in [-0.1, -0.05) is 30.3 Å². The van der Waals surface area contributed by atoms with Gasteiger partial charge in [0.2, 0.25) is 5.78 Å². The first-order chi connectivity index (χ1) is 13.3. The number of aliphatic hydroxyl groups is 1. The summed E-state index contributed by atoms with van der Waals surface area (Å²) in [6.45, 7) is 8.02. The fraction of sp³-hybridized carbons (Fsp3) is 0.381. The lowest BCUT2D eigenvalue weighted by Gasteiger charge is -2.27. The number of hydrogen-bond donors (Lipinski definition) is 1. The molecule has 1 aromatic carbocycles. The number of hydrogen-bond acceptors (Lipinski definition) is 6. The lowest BCUT2D eigenvalue weighted by atomic mass is 9.95. The number of carbonyl (C=O) groups is 2. The van der Waals surface area contributed by atoms with Crippen LogP contribution in [0.4, 0.5) is 0 Å². The average molecular weight is 401 g/mol. The molecule has 1 unspecified atom stereocenters. The molecule has 6 nitrogen and oxygen atoms in total. The molecule has 2 heterocycles. The topological polar surface area (TPSA) is 79.7 Å². The van der Waals surface area contributed by atoms with Gasteiger partial charge in [0.1, 0.15) is 0 Å². The molecule has 1 atom stereocenters. The molecule has 1 aliphatic heterocycles. The minimum absolute atomic E-state index is 0.0263. The highest BCUT2D eigenvalue weighted by Gasteiger charge is 2.44. The van der Waals surface area contributed by atoms with Gasteiger partial charge in [-0.05, 0) is 33.3 Å². The van der Waals surface area contributed by atoms with E-state index >= 15 is 0 Å². The van der Waals surface area contributed by atoms with Crippen molar-refractivity contribution >= 4 is 23.0 Å². The van der Waals surface area contributed by atoms with Crippen LogP contribution in [0.2, 0.25) is 0 Å². The highest BCUT2D eigenvalue weighted by Crippen LogP contribution is 2.39. The Labute approximate surface area is 168 Å². The van der Waals surface area contributed by atoms with Crippen LogP contribution < -0.4 is 0 Å². The Bertz CT molecular complexity index is 918. The molecule has 0 fully saturated rings. The Morgan fingerprint density at radius 2 is 1.96 bits per heavy atom. The monoisotopic (exact) mass is 400 g/mol. The Morgan fingerprint density at radius 1 is 1.29 bits per heavy atom. The first-order valence-corrected chi connectivity index (χ1v) is 10.0. The third-order valence-corrected chi connectivity index (χ3v) is 5.63. The van der Waals surface area contributed by atoms with E-state index in [0.717, 1.165) is 10.6 Å². The van der Waals surface area contributed by atoms with E-state index in [0.29, 0.717) is 17.2 Å². The number of ether oxygens (including phenoxy) is 1. The highest BCUT2D eigenvalue weighted by atomic mass is 32.1. The quantitative estimate of drug-likeness (QED) is 0.716. The molecule has 1 N–H and O–H groups in total. The van der Waals surface area contributed by atoms with Crippen molar-refractivity contribution in [3.05, 3.63) is 62.8 Å². The number of Topliss-reactive ketones (excluding diaryl/α,β-unsaturated/α-hetero) is 1. The smallest absolute Gasteiger partial charge is 0.290 e. The molecule has 1 aliphatic rings. The SMILES string of the molecule is Cc1nc(C)c(C(=O)C2=C(O)C(=O)N(CCOC(C)C)C2c2ccccc2)s1. The van der Waals surface area contributed by atoms with Crippen molar-refractivity contribution < 1.29 is 19.4 Å². The zero-order valence-corrected chi connectivity index (χ0v) is 17.2. The van der Waals surface area contributed by atoms with Crippen LogP contribution in [0.25, 0.3) is 0 Å². The molecule has 0 saturated carbocycles. The molecule has 0 bridgehead atoms. The maximum Gasteiger partial charge on any atom is 0.290 e. The first kappa shape index (κ1) is 20.2. The van der Waals surface area contributed by atoms with E-state index in [1.165, 1.54) is 16.2 Å². The van der Waals surface area contributed by atoms with Crippen LogP contribution in [0, 0.1) is 13.8 Å². The predicted molar refractivity (Wildman–Crippen MR) is 108 cm³/mol. The Balaban J connectivity index is 2.01. The largest absolute Gasteiger partial charge is 0.503 e. The summed E-state index contributed by atoms with van der Waals surface area (Å²) in [5.41, 5.74) is 1.48. The summed E-state index contributed by atoms with van der Waals surface area (Å²) in [5, 5.41) is 11.4. The van der Waals surface area contributed by atoms with Crippen molar-refractivity contribution in [3.63, 3.8) is 0 Å². The fourth-order valence-corrected chi connectivity index (χ4v) is 4.22. The number of thiazole rings is 1. The Morgan fingerprint density at radius 3 is 2.54 bits per heavy atom. The maximum atomic E-state index is 13.3. The summed E-state index contributed by atoms with van der Waals surface area (Å²) in [5.74, 6) is -1.40. The number of ketones is 1. The summed E-state index contributed by atoms with van der Waals surface area (Å²) >= 11 is 1.27. The molecule has 148 valence electrons. The third kappa shape index (κ3) is 3.86. The van der Waals surface area contributed by atoms with Gasteiger partial charge in [-0.25, -0.2) is 4.98 Å². The second kappa shape index (κ2) is 8.24. The normalized spacial score (nSPS) is 17.1. The minimum atomic E-state index is -0.654. The van der Waals surface area contributed by atoms with Gasteiger partial charge in [0.15, 0.2) is 5.76 Å². The van der Waals surface area contributed by atoms with E-state index in [-0.39, 0.29) is 24.0 Å². The number of carbonyl (C=O) groups excluding carboxylic acids is 2. The van der Waals surface area contributed by atoms with E-state index in [2.05, 4.69) is 4.98 Å². The lowest BCUT2D eigenvalue weighted by Crippen LogP contribution is -2.34. The van der Waals surface area contributed by atoms with E-state index < -0.39 is 17.7 Å². The van der Waals surface area contributed by atoms with Gasteiger partial charge >= 0.3 is 0 Å². The van der Waals surface area contributed by atoms with Crippen LogP contribution >= 0.6 is 11.3 Å². The second-order valence-corrected chi connectivity index (χ2v) is 8.17. The number of aliphatic hydroxyl groups excluding tert-OH is 1. The summed E-state index contributed by atoms with van der Waals surface area (Å²) in [7, 11) is 0. The lowest BCUT2D eigenvalue weighted by molar-refractivity contribution is -0.130. The number of benzene rings is 1. The van der Waals surface area contributed by atoms with Gasteiger partial charge in [0, 0.05) is 6.54 Å². The van der Waals surface area contributed by atoms with Crippen LogP contribution in [0.15, 0.2) is 41.7 Å². The molecule has 2 aromatic rings. The number of rotatable bonds is 7. The van der Waals surface area contributed by atoms with Crippen molar-refractivity contribution in [1.82, 2.24) is 9.88 Å². The highest BCUT2D eigenvalue weighted by molar-refractivity contribution is 7.14. The van der Waals surface area contributed by atoms with Gasteiger partial charge in [-0.3, -0.25) is 9.59 Å². The number of nitrogens with zero attached hydrogens (tertiary/aromatic N) is 2. The van der Waals surface area contributed by atoms with E-state index in [1.54, 1.807) is 6.92 Å². The Hall–Kier alpha value is -2.51. The molecule has 0 spiro atoms. The van der Waals surface area contributed by atoms with Gasteiger partial charge in [0.25, 0.3) is 5.91 Å². The van der Waals surface area contributed by atoms with Gasteiger partial charge < -0.3 is 14.7 Å². The van der Waals surface area contributed by atoms with E-state index in [4.69, 9.17) is 4.74 Å². The van der Waals surface area contributed by atoms with E-state index in [1.807, 2.05) is 51.1 Å². The standard InChI is InChI=1S/C21H24N2O4S/c1-12(2)27-11-10-23-17(15-8-6-5-7-9-15)16(19(25)21(23)26)18(24)20-13(3)22-14(4)28-20/h5-9,12,17,25H,10-11H2,1-4H3. The number of aryl methyl sites for hydroxylation is 2. The van der Waals surface area contributed by atoms with Crippen LogP contribution in [0.5, 0.6) is 0 Å². The number of aromatic nitrogens is 1. The first-order valence-electron chi connectivity index (χ1n) is 9.20. The van der Waals surface area contributed by atoms with Gasteiger partial charge in [0.05, 0.1) is 39.9 Å². The van der Waals surface area contributed by atoms with Crippen LogP contribution in [0.3, 0.4) is 0 Å². The molecule has 7 heteroatoms. The van der Waals surface area contributed by atoms with E-state index in [9.17, 15) is 14.7 Å². The average Bonchev–Trinajstić information content (AvgIpc) is 3.12. The fourth-order valence-electron chi connectivity index (χ4n) is 3.35. The minimum Gasteiger partial charge on any atom is -0.503 e. The van der Waals surface area contributed by atoms with Crippen LogP contribution in [-0.2, 0) is 9.53 Å². The zero-order chi connectivity index (χ0) is 20.4. The zero-order valence-electron chi connectivity index (χ0n) is 16.4. The molecule has 0 saturated heterocycles. The molecule has 28 heavy (non-hydrogen) atoms. The van der Waals surface area contributed by atoms with Gasteiger partial charge in [-0.15, -0.1) is 11.3 Å². The van der Waals surface area contributed by atoms with Crippen molar-refractivity contribution in [2.75, 3.05) is 13.2 Å². The van der Waals surface area contributed by atoms with Crippen molar-refractivity contribution in [3.8, 4) is 0 Å². The van der Waals surface area contributed by atoms with Crippen molar-refractivity contribution in [1.29, 1.82) is 0 Å². The molecular formula is C21H24N2O4S. The van der Waals surface area contributed by atoms with Crippen LogP contribution in [0.1, 0.15) is 45.8 Å². The molecule has 0 aliphatic carbocycles. The summed E-state index contributed by atoms with van der Waals surface area (Å²) in [4.78, 5) is 32.4. The predicted octanol–water partition coefficient (Wildman–Crippen LogP) is 3.76. The summed E-state index contributed by atoms with van der Waals surface area (Å²) < 4.78 is 5.59. The molecule has 1 aromatic heterocycles. The molecule has 0 radical (unpaired) electrons. The summed E-state index contributed by atoms with van der Waals surface area (Å²) in [6, 6.07) is 8.62. The van der Waals surface area contributed by atoms with Crippen molar-refractivity contribution in [2.24, 2.45) is 0 Å². The third-order valence-electron chi connectivity index (χ3n) is 4.56. The molecular weight excluding hydrogens is 376 g/mol. The molecule has 3 rings (SSSR count). The molecule has 1 amide bonds. The van der Waals surface area contributed by atoms with Crippen molar-refractivity contribution in [2.45, 2.75) is 39.8 Å². The van der Waals surface area contributed by atoms with Gasteiger partial charge in [-0.2, -0.15) is 0 Å². The van der Waals surface area contributed by atoms with Crippen LogP contribution in [-0.4, -0.2) is 45.9 Å².